The molecular weight excluding hydrogens is 219 g/mol. The zero-order valence-corrected chi connectivity index (χ0v) is 8.51. The molecule has 0 bridgehead atoms. The van der Waals surface area contributed by atoms with Gasteiger partial charge in [0.1, 0.15) is 0 Å². The molecule has 1 heterocycles. The second kappa shape index (κ2) is 4.07. The summed E-state index contributed by atoms with van der Waals surface area (Å²) in [5.41, 5.74) is 0.270. The van der Waals surface area contributed by atoms with Crippen molar-refractivity contribution in [1.29, 1.82) is 0 Å². The first kappa shape index (κ1) is 11.4. The number of aliphatic hydroxyl groups is 1. The van der Waals surface area contributed by atoms with Crippen LogP contribution in [0.4, 0.5) is 13.2 Å². The van der Waals surface area contributed by atoms with Crippen LogP contribution in [0, 0.1) is 0 Å². The molecule has 2 rings (SSSR count). The summed E-state index contributed by atoms with van der Waals surface area (Å²) in [7, 11) is 0. The molecule has 2 nitrogen and oxygen atoms in total. The van der Waals surface area contributed by atoms with E-state index in [1.165, 1.54) is 6.07 Å². The molecule has 16 heavy (non-hydrogen) atoms. The van der Waals surface area contributed by atoms with Crippen molar-refractivity contribution < 1.29 is 18.3 Å². The van der Waals surface area contributed by atoms with Gasteiger partial charge in [-0.1, -0.05) is 12.1 Å². The minimum Gasteiger partial charge on any atom is -0.396 e. The molecule has 1 aliphatic heterocycles. The van der Waals surface area contributed by atoms with Gasteiger partial charge in [0.15, 0.2) is 0 Å². The number of aliphatic hydroxyl groups excluding tert-OH is 1. The third-order valence-electron chi connectivity index (χ3n) is 2.87. The molecule has 0 saturated carbocycles. The van der Waals surface area contributed by atoms with Crippen LogP contribution in [0.5, 0.6) is 0 Å². The van der Waals surface area contributed by atoms with E-state index in [-0.39, 0.29) is 24.6 Å². The van der Waals surface area contributed by atoms with Crippen LogP contribution in [0.3, 0.4) is 0 Å². The highest BCUT2D eigenvalue weighted by Crippen LogP contribution is 2.36. The number of nitrogens with one attached hydrogen (secondary N) is 1. The maximum absolute atomic E-state index is 12.7. The first-order chi connectivity index (χ1) is 7.54. The van der Waals surface area contributed by atoms with Crippen LogP contribution >= 0.6 is 0 Å². The van der Waals surface area contributed by atoms with Crippen molar-refractivity contribution in [3.05, 3.63) is 34.9 Å². The molecule has 0 fully saturated rings. The molecule has 1 unspecified atom stereocenters. The van der Waals surface area contributed by atoms with Crippen LogP contribution in [0.2, 0.25) is 0 Å². The fourth-order valence-corrected chi connectivity index (χ4v) is 2.09. The predicted molar refractivity (Wildman–Crippen MR) is 53.0 cm³/mol. The van der Waals surface area contributed by atoms with Crippen LogP contribution < -0.4 is 5.32 Å². The molecule has 1 aromatic carbocycles. The van der Waals surface area contributed by atoms with E-state index in [9.17, 15) is 13.2 Å². The highest BCUT2D eigenvalue weighted by molar-refractivity contribution is 5.40. The Morgan fingerprint density at radius 3 is 2.75 bits per heavy atom. The zero-order chi connectivity index (χ0) is 11.8. The third kappa shape index (κ3) is 1.92. The van der Waals surface area contributed by atoms with Crippen LogP contribution in [0.25, 0.3) is 0 Å². The van der Waals surface area contributed by atoms with Gasteiger partial charge in [0.2, 0.25) is 0 Å². The van der Waals surface area contributed by atoms with Crippen LogP contribution in [0.15, 0.2) is 18.2 Å². The SMILES string of the molecule is OCC1CNCc2c1cccc2C(F)(F)F. The number of benzene rings is 1. The first-order valence-corrected chi connectivity index (χ1v) is 5.04. The summed E-state index contributed by atoms with van der Waals surface area (Å²) in [5.74, 6) is -0.244. The van der Waals surface area contributed by atoms with Gasteiger partial charge in [-0.3, -0.25) is 0 Å². The minimum absolute atomic E-state index is 0.138. The number of hydrogen-bond donors (Lipinski definition) is 2. The lowest BCUT2D eigenvalue weighted by atomic mass is 9.88. The summed E-state index contributed by atoms with van der Waals surface area (Å²) < 4.78 is 38.1. The molecule has 88 valence electrons. The van der Waals surface area contributed by atoms with Crippen molar-refractivity contribution in [3.63, 3.8) is 0 Å². The Morgan fingerprint density at radius 1 is 1.38 bits per heavy atom. The standard InChI is InChI=1S/C11H12F3NO/c12-11(13,14)10-3-1-2-8-7(6-16)4-15-5-9(8)10/h1-3,7,15-16H,4-6H2. The Morgan fingerprint density at radius 2 is 2.12 bits per heavy atom. The van der Waals surface area contributed by atoms with Crippen molar-refractivity contribution in [3.8, 4) is 0 Å². The average Bonchev–Trinajstić information content (AvgIpc) is 2.26. The third-order valence-corrected chi connectivity index (χ3v) is 2.87. The lowest BCUT2D eigenvalue weighted by Crippen LogP contribution is -2.32. The van der Waals surface area contributed by atoms with Crippen LogP contribution in [0.1, 0.15) is 22.6 Å². The Hall–Kier alpha value is -1.07. The van der Waals surface area contributed by atoms with Crippen LogP contribution in [-0.4, -0.2) is 18.3 Å². The Bertz CT molecular complexity index is 389. The molecule has 0 radical (unpaired) electrons. The van der Waals surface area contributed by atoms with E-state index in [2.05, 4.69) is 5.32 Å². The van der Waals surface area contributed by atoms with Gasteiger partial charge in [0, 0.05) is 19.0 Å². The fraction of sp³-hybridized carbons (Fsp3) is 0.455. The van der Waals surface area contributed by atoms with Gasteiger partial charge in [-0.25, -0.2) is 0 Å². The van der Waals surface area contributed by atoms with Crippen LogP contribution in [-0.2, 0) is 12.7 Å². The second-order valence-electron chi connectivity index (χ2n) is 3.88. The van der Waals surface area contributed by atoms with E-state index in [0.717, 1.165) is 6.07 Å². The summed E-state index contributed by atoms with van der Waals surface area (Å²) in [6.45, 7) is 0.591. The van der Waals surface area contributed by atoms with Gasteiger partial charge in [-0.15, -0.1) is 0 Å². The Labute approximate surface area is 91.1 Å². The van der Waals surface area contributed by atoms with Gasteiger partial charge in [0.25, 0.3) is 0 Å². The molecule has 1 atom stereocenters. The number of alkyl halides is 3. The monoisotopic (exact) mass is 231 g/mol. The van der Waals surface area contributed by atoms with Crippen molar-refractivity contribution in [2.24, 2.45) is 0 Å². The summed E-state index contributed by atoms with van der Waals surface area (Å²) in [6, 6.07) is 4.14. The van der Waals surface area contributed by atoms with Gasteiger partial charge in [-0.05, 0) is 17.2 Å². The maximum atomic E-state index is 12.7. The molecular formula is C11H12F3NO. The predicted octanol–water partition coefficient (Wildman–Crippen LogP) is 1.88. The molecule has 5 heteroatoms. The van der Waals surface area contributed by atoms with E-state index in [1.54, 1.807) is 6.07 Å². The molecule has 0 amide bonds. The highest BCUT2D eigenvalue weighted by atomic mass is 19.4. The second-order valence-corrected chi connectivity index (χ2v) is 3.88. The molecule has 0 aromatic heterocycles. The van der Waals surface area contributed by atoms with Crippen molar-refractivity contribution in [1.82, 2.24) is 5.32 Å². The van der Waals surface area contributed by atoms with E-state index in [4.69, 9.17) is 5.11 Å². The minimum atomic E-state index is -4.33. The van der Waals surface area contributed by atoms with Crippen molar-refractivity contribution >= 4 is 0 Å². The van der Waals surface area contributed by atoms with E-state index in [0.29, 0.717) is 12.1 Å². The number of rotatable bonds is 1. The lowest BCUT2D eigenvalue weighted by Gasteiger charge is -2.27. The summed E-state index contributed by atoms with van der Waals surface area (Å²) in [5, 5.41) is 12.0. The van der Waals surface area contributed by atoms with Crippen molar-refractivity contribution in [2.75, 3.05) is 13.2 Å². The summed E-state index contributed by atoms with van der Waals surface area (Å²) >= 11 is 0. The Kier molecular flexibility index (Phi) is 2.90. The van der Waals surface area contributed by atoms with E-state index >= 15 is 0 Å². The number of hydrogen-bond acceptors (Lipinski definition) is 2. The molecule has 0 aliphatic carbocycles. The largest absolute Gasteiger partial charge is 0.416 e. The Balaban J connectivity index is 2.51. The van der Waals surface area contributed by atoms with E-state index in [1.807, 2.05) is 0 Å². The quantitative estimate of drug-likeness (QED) is 0.773. The lowest BCUT2D eigenvalue weighted by molar-refractivity contribution is -0.138. The average molecular weight is 231 g/mol. The molecule has 2 N–H and O–H groups in total. The summed E-state index contributed by atoms with van der Waals surface area (Å²) in [4.78, 5) is 0. The van der Waals surface area contributed by atoms with Crippen molar-refractivity contribution in [2.45, 2.75) is 18.6 Å². The normalized spacial score (nSPS) is 20.6. The molecule has 0 spiro atoms. The maximum Gasteiger partial charge on any atom is 0.416 e. The highest BCUT2D eigenvalue weighted by Gasteiger charge is 2.35. The first-order valence-electron chi connectivity index (χ1n) is 5.04. The number of fused-ring (bicyclic) bond motifs is 1. The topological polar surface area (TPSA) is 32.3 Å². The van der Waals surface area contributed by atoms with Gasteiger partial charge < -0.3 is 10.4 Å². The molecule has 1 aromatic rings. The van der Waals surface area contributed by atoms with Gasteiger partial charge >= 0.3 is 6.18 Å². The zero-order valence-electron chi connectivity index (χ0n) is 8.51. The summed E-state index contributed by atoms with van der Waals surface area (Å²) in [6.07, 6.45) is -4.33. The fourth-order valence-electron chi connectivity index (χ4n) is 2.09. The smallest absolute Gasteiger partial charge is 0.396 e. The number of halogens is 3. The molecule has 1 aliphatic rings. The van der Waals surface area contributed by atoms with Gasteiger partial charge in [-0.2, -0.15) is 13.2 Å². The van der Waals surface area contributed by atoms with E-state index < -0.39 is 11.7 Å². The van der Waals surface area contributed by atoms with Gasteiger partial charge in [0.05, 0.1) is 12.2 Å². The molecule has 0 saturated heterocycles.